The van der Waals surface area contributed by atoms with Crippen LogP contribution in [0, 0.1) is 0 Å². The third-order valence-corrected chi connectivity index (χ3v) is 21.3. The summed E-state index contributed by atoms with van der Waals surface area (Å²) in [7, 11) is 0. The molecule has 98 heavy (non-hydrogen) atoms. The molecule has 5 heteroatoms. The first-order valence-electron chi connectivity index (χ1n) is 34.4. The first-order chi connectivity index (χ1) is 47.6. The molecule has 0 N–H and O–H groups in total. The van der Waals surface area contributed by atoms with E-state index in [0.717, 1.165) is 106 Å². The Bertz CT molecular complexity index is 6290. The Labute approximate surface area is 570 Å². The average Bonchev–Trinajstić information content (AvgIpc) is 1.52. The highest BCUT2D eigenvalue weighted by Gasteiger charge is 2.39. The largest absolute Gasteiger partial charge is 0.454 e. The molecular weight excluding hydrogens is 1190 g/mol. The van der Waals surface area contributed by atoms with E-state index in [4.69, 9.17) is 8.83 Å². The molecule has 0 fully saturated rings. The van der Waals surface area contributed by atoms with Gasteiger partial charge >= 0.3 is 0 Å². The van der Waals surface area contributed by atoms with Crippen molar-refractivity contribution in [3.05, 3.63) is 307 Å². The topological polar surface area (TPSA) is 37.2 Å². The summed E-state index contributed by atoms with van der Waals surface area (Å²) in [5.74, 6) is 0. The molecule has 0 saturated heterocycles. The zero-order valence-corrected chi connectivity index (χ0v) is 56.3. The number of hydrogen-bond donors (Lipinski definition) is 0. The van der Waals surface area contributed by atoms with E-state index in [1.807, 2.05) is 0 Å². The molecule has 0 saturated carbocycles. The smallest absolute Gasteiger partial charge is 0.159 e. The lowest BCUT2D eigenvalue weighted by atomic mass is 9.80. The van der Waals surface area contributed by atoms with Crippen LogP contribution in [-0.4, -0.2) is 4.40 Å². The van der Waals surface area contributed by atoms with Crippen LogP contribution in [0.1, 0.15) is 77.6 Å². The van der Waals surface area contributed by atoms with Crippen molar-refractivity contribution in [3.63, 3.8) is 0 Å². The summed E-state index contributed by atoms with van der Waals surface area (Å²) >= 11 is 0. The Hall–Kier alpha value is -11.7. The predicted octanol–water partition coefficient (Wildman–Crippen LogP) is 26.6. The molecule has 470 valence electrons. The second kappa shape index (κ2) is 21.2. The molecule has 0 spiro atoms. The van der Waals surface area contributed by atoms with Crippen LogP contribution in [0.25, 0.3) is 137 Å². The van der Waals surface area contributed by atoms with Gasteiger partial charge in [0, 0.05) is 59.9 Å². The Kier molecular flexibility index (Phi) is 12.5. The second-order valence-electron chi connectivity index (χ2n) is 29.6. The second-order valence-corrected chi connectivity index (χ2v) is 29.6. The third kappa shape index (κ3) is 8.64. The molecule has 0 atom stereocenters. The van der Waals surface area contributed by atoms with Crippen molar-refractivity contribution in [3.8, 4) is 44.5 Å². The summed E-state index contributed by atoms with van der Waals surface area (Å²) in [4.78, 5) is 4.98. The fourth-order valence-corrected chi connectivity index (χ4v) is 16.8. The summed E-state index contributed by atoms with van der Waals surface area (Å²) in [6.45, 7) is 18.8. The van der Waals surface area contributed by atoms with Crippen molar-refractivity contribution in [2.24, 2.45) is 0 Å². The maximum Gasteiger partial charge on any atom is 0.159 e. The van der Waals surface area contributed by atoms with Crippen LogP contribution in [0.15, 0.2) is 294 Å². The van der Waals surface area contributed by atoms with Gasteiger partial charge in [-0.2, -0.15) is 0 Å². The number of fused-ring (bicyclic) bond motifs is 17. The standard InChI is InChI=1S/C93H71N3O2/c1-91(2,3)74-32-18-20-34-78(74)94(81-36-22-30-69-65-43-38-60(52-84(65)97-89(69)81)57-26-14-10-15-27-57)63-42-46-64-67-45-40-62-51-72-68-47-49-80(86-73-50-59(56-24-12-9-13-25-56)41-48-77(73)96(88(68)86)83(72)55-71(62)87(67)93(7,8)76(64)54-63)95(79-35-21-19-33-75(79)92(4,5)6)82-37-23-31-70-66-44-39-61(53-85(66)98-90(70)82)58-28-16-11-17-29-58/h9-55H,1-8H3. The van der Waals surface area contributed by atoms with E-state index in [1.165, 1.54) is 87.9 Å². The molecule has 4 heterocycles. The fraction of sp³-hybridized carbons (Fsp3) is 0.118. The zero-order valence-electron chi connectivity index (χ0n) is 56.3. The van der Waals surface area contributed by atoms with Gasteiger partial charge in [0.1, 0.15) is 11.2 Å². The number of para-hydroxylation sites is 4. The van der Waals surface area contributed by atoms with Gasteiger partial charge in [-0.25, -0.2) is 0 Å². The van der Waals surface area contributed by atoms with Gasteiger partial charge < -0.3 is 23.0 Å². The first-order valence-corrected chi connectivity index (χ1v) is 34.4. The summed E-state index contributed by atoms with van der Waals surface area (Å²) in [5, 5.41) is 11.7. The van der Waals surface area contributed by atoms with Crippen LogP contribution in [0.3, 0.4) is 0 Å². The van der Waals surface area contributed by atoms with Crippen LogP contribution in [0.5, 0.6) is 0 Å². The van der Waals surface area contributed by atoms with Crippen molar-refractivity contribution in [2.45, 2.75) is 71.6 Å². The molecular formula is C93H71N3O2. The van der Waals surface area contributed by atoms with Crippen LogP contribution < -0.4 is 9.80 Å². The predicted molar refractivity (Wildman–Crippen MR) is 414 cm³/mol. The summed E-state index contributed by atoms with van der Waals surface area (Å²) in [6.07, 6.45) is 0. The molecule has 19 rings (SSSR count). The van der Waals surface area contributed by atoms with Crippen molar-refractivity contribution in [2.75, 3.05) is 9.80 Å². The van der Waals surface area contributed by atoms with E-state index in [2.05, 4.69) is 355 Å². The number of anilines is 6. The monoisotopic (exact) mass is 1260 g/mol. The lowest BCUT2D eigenvalue weighted by Crippen LogP contribution is -2.20. The molecule has 1 aliphatic rings. The highest BCUT2D eigenvalue weighted by Crippen LogP contribution is 2.57. The van der Waals surface area contributed by atoms with Gasteiger partial charge in [-0.15, -0.1) is 0 Å². The molecule has 0 unspecified atom stereocenters. The lowest BCUT2D eigenvalue weighted by Gasteiger charge is -2.32. The van der Waals surface area contributed by atoms with Crippen molar-refractivity contribution >= 4 is 127 Å². The normalized spacial score (nSPS) is 13.2. The summed E-state index contributed by atoms with van der Waals surface area (Å²) < 4.78 is 17.0. The molecule has 5 nitrogen and oxygen atoms in total. The van der Waals surface area contributed by atoms with Gasteiger partial charge in [0.05, 0.1) is 39.3 Å². The minimum absolute atomic E-state index is 0.163. The van der Waals surface area contributed by atoms with Crippen LogP contribution in [-0.2, 0) is 16.2 Å². The molecule has 1 aliphatic carbocycles. The number of rotatable bonds is 9. The maximum absolute atomic E-state index is 7.25. The number of furan rings is 2. The van der Waals surface area contributed by atoms with Gasteiger partial charge in [-0.05, 0) is 179 Å². The van der Waals surface area contributed by atoms with Crippen molar-refractivity contribution in [1.82, 2.24) is 4.40 Å². The maximum atomic E-state index is 7.25. The van der Waals surface area contributed by atoms with Gasteiger partial charge in [0.2, 0.25) is 0 Å². The zero-order chi connectivity index (χ0) is 66.1. The SMILES string of the molecule is CC(C)(C)c1ccccc1N(c1ccc2c(c1)C(C)(C)c1c-2ccc2cc3c4ccc(N(c5ccccc5C(C)(C)C)c5cccc6c5oc5cc(-c7ccccc7)ccc56)c5c6cc(-c7ccccc7)ccc6n(c3cc12)c45)c1cccc2c1oc1cc(-c3ccccc3)ccc12. The summed E-state index contributed by atoms with van der Waals surface area (Å²) in [6, 6.07) is 105. The van der Waals surface area contributed by atoms with Gasteiger partial charge in [0.15, 0.2) is 11.2 Å². The van der Waals surface area contributed by atoms with Crippen LogP contribution in [0.2, 0.25) is 0 Å². The third-order valence-electron chi connectivity index (χ3n) is 21.3. The van der Waals surface area contributed by atoms with Gasteiger partial charge in [0.25, 0.3) is 0 Å². The Morgan fingerprint density at radius 2 is 0.827 bits per heavy atom. The molecule has 0 amide bonds. The summed E-state index contributed by atoms with van der Waals surface area (Å²) in [5.41, 5.74) is 27.2. The van der Waals surface area contributed by atoms with E-state index in [1.54, 1.807) is 0 Å². The van der Waals surface area contributed by atoms with Crippen LogP contribution in [0.4, 0.5) is 34.1 Å². The number of aromatic nitrogens is 1. The number of nitrogens with zero attached hydrogens (tertiary/aromatic N) is 3. The van der Waals surface area contributed by atoms with E-state index in [9.17, 15) is 0 Å². The Morgan fingerprint density at radius 3 is 1.41 bits per heavy atom. The van der Waals surface area contributed by atoms with E-state index < -0.39 is 5.41 Å². The molecule has 0 radical (unpaired) electrons. The van der Waals surface area contributed by atoms with Crippen LogP contribution >= 0.6 is 0 Å². The number of hydrogen-bond acceptors (Lipinski definition) is 4. The van der Waals surface area contributed by atoms with E-state index in [0.29, 0.717) is 0 Å². The quantitative estimate of drug-likeness (QED) is 0.144. The van der Waals surface area contributed by atoms with Crippen molar-refractivity contribution in [1.29, 1.82) is 0 Å². The Morgan fingerprint density at radius 1 is 0.327 bits per heavy atom. The fourth-order valence-electron chi connectivity index (χ4n) is 16.8. The van der Waals surface area contributed by atoms with E-state index >= 15 is 0 Å². The highest BCUT2D eigenvalue weighted by molar-refractivity contribution is 6.29. The molecule has 14 aromatic carbocycles. The minimum Gasteiger partial charge on any atom is -0.454 e. The lowest BCUT2D eigenvalue weighted by molar-refractivity contribution is 0.590. The Balaban J connectivity index is 0.820. The average molecular weight is 1260 g/mol. The van der Waals surface area contributed by atoms with E-state index in [-0.39, 0.29) is 10.8 Å². The van der Waals surface area contributed by atoms with Crippen molar-refractivity contribution < 1.29 is 8.83 Å². The van der Waals surface area contributed by atoms with Gasteiger partial charge in [-0.3, -0.25) is 0 Å². The number of benzene rings is 14. The first kappa shape index (κ1) is 57.8. The molecule has 0 bridgehead atoms. The highest BCUT2D eigenvalue weighted by atomic mass is 16.3. The van der Waals surface area contributed by atoms with Gasteiger partial charge in [-0.1, -0.05) is 250 Å². The minimum atomic E-state index is -0.401. The molecule has 4 aromatic heterocycles. The molecule has 0 aliphatic heterocycles. The molecule has 18 aromatic rings.